The van der Waals surface area contributed by atoms with E-state index in [2.05, 4.69) is 5.32 Å². The highest BCUT2D eigenvalue weighted by Gasteiger charge is 2.17. The molecule has 0 atom stereocenters. The van der Waals surface area contributed by atoms with E-state index in [0.29, 0.717) is 30.8 Å². The quantitative estimate of drug-likeness (QED) is 0.685. The fourth-order valence-electron chi connectivity index (χ4n) is 3.03. The van der Waals surface area contributed by atoms with E-state index in [0.717, 1.165) is 16.5 Å². The summed E-state index contributed by atoms with van der Waals surface area (Å²) in [7, 11) is 1.80. The first-order valence-electron chi connectivity index (χ1n) is 8.69. The van der Waals surface area contributed by atoms with Gasteiger partial charge in [0.25, 0.3) is 0 Å². The lowest BCUT2D eigenvalue weighted by molar-refractivity contribution is -0.116. The van der Waals surface area contributed by atoms with Crippen LogP contribution in [-0.2, 0) is 23.0 Å². The molecule has 0 radical (unpaired) electrons. The number of aromatic nitrogens is 1. The lowest BCUT2D eigenvalue weighted by Gasteiger charge is -2.10. The first-order chi connectivity index (χ1) is 12.6. The molecular formula is C21H22N2O3. The van der Waals surface area contributed by atoms with Crippen molar-refractivity contribution in [1.29, 1.82) is 0 Å². The Bertz CT molecular complexity index is 929. The van der Waals surface area contributed by atoms with Crippen LogP contribution in [0.15, 0.2) is 54.6 Å². The van der Waals surface area contributed by atoms with Gasteiger partial charge >= 0.3 is 5.97 Å². The molecule has 0 fully saturated rings. The Morgan fingerprint density at radius 3 is 2.58 bits per heavy atom. The van der Waals surface area contributed by atoms with Crippen LogP contribution in [0.3, 0.4) is 0 Å². The molecule has 1 amide bonds. The van der Waals surface area contributed by atoms with Crippen LogP contribution in [0, 0.1) is 0 Å². The molecule has 0 aliphatic carbocycles. The average molecular weight is 350 g/mol. The van der Waals surface area contributed by atoms with Gasteiger partial charge in [0.15, 0.2) is 0 Å². The van der Waals surface area contributed by atoms with E-state index in [1.807, 2.05) is 48.5 Å². The summed E-state index contributed by atoms with van der Waals surface area (Å²) >= 11 is 0. The normalized spacial score (nSPS) is 10.7. The van der Waals surface area contributed by atoms with E-state index in [1.54, 1.807) is 24.6 Å². The maximum absolute atomic E-state index is 12.4. The summed E-state index contributed by atoms with van der Waals surface area (Å²) < 4.78 is 6.86. The fraction of sp³-hybridized carbons (Fsp3) is 0.238. The maximum Gasteiger partial charge on any atom is 0.354 e. The molecule has 0 unspecified atom stereocenters. The fourth-order valence-corrected chi connectivity index (χ4v) is 3.03. The molecule has 0 aliphatic heterocycles. The van der Waals surface area contributed by atoms with E-state index in [-0.39, 0.29) is 11.9 Å². The number of benzene rings is 2. The molecule has 0 spiro atoms. The van der Waals surface area contributed by atoms with Crippen LogP contribution < -0.4 is 5.32 Å². The molecule has 0 saturated carbocycles. The number of para-hydroxylation sites is 1. The van der Waals surface area contributed by atoms with Gasteiger partial charge in [-0.2, -0.15) is 0 Å². The van der Waals surface area contributed by atoms with Gasteiger partial charge in [-0.15, -0.1) is 0 Å². The average Bonchev–Trinajstić information content (AvgIpc) is 2.99. The molecule has 5 heteroatoms. The SMILES string of the molecule is CCOC(=O)c1cc2cccc(NC(=O)CCc3ccccc3)c2n1C. The third-order valence-corrected chi connectivity index (χ3v) is 4.30. The third kappa shape index (κ3) is 3.77. The smallest absolute Gasteiger partial charge is 0.354 e. The minimum Gasteiger partial charge on any atom is -0.461 e. The van der Waals surface area contributed by atoms with Crippen LogP contribution >= 0.6 is 0 Å². The monoisotopic (exact) mass is 350 g/mol. The zero-order valence-electron chi connectivity index (χ0n) is 15.0. The van der Waals surface area contributed by atoms with Gasteiger partial charge in [0.05, 0.1) is 17.8 Å². The highest BCUT2D eigenvalue weighted by atomic mass is 16.5. The van der Waals surface area contributed by atoms with Gasteiger partial charge in [-0.1, -0.05) is 42.5 Å². The predicted octanol–water partition coefficient (Wildman–Crippen LogP) is 3.93. The van der Waals surface area contributed by atoms with Crippen LogP contribution in [0.2, 0.25) is 0 Å². The van der Waals surface area contributed by atoms with Crippen molar-refractivity contribution in [2.75, 3.05) is 11.9 Å². The Hall–Kier alpha value is -3.08. The summed E-state index contributed by atoms with van der Waals surface area (Å²) in [6.45, 7) is 2.10. The van der Waals surface area contributed by atoms with Crippen molar-refractivity contribution < 1.29 is 14.3 Å². The van der Waals surface area contributed by atoms with Crippen molar-refractivity contribution in [3.63, 3.8) is 0 Å². The summed E-state index contributed by atoms with van der Waals surface area (Å²) in [6, 6.07) is 17.3. The first-order valence-corrected chi connectivity index (χ1v) is 8.69. The minimum absolute atomic E-state index is 0.0553. The Morgan fingerprint density at radius 2 is 1.85 bits per heavy atom. The highest BCUT2D eigenvalue weighted by Crippen LogP contribution is 2.27. The van der Waals surface area contributed by atoms with Gasteiger partial charge < -0.3 is 14.6 Å². The van der Waals surface area contributed by atoms with Crippen molar-refractivity contribution in [3.05, 3.63) is 65.9 Å². The maximum atomic E-state index is 12.4. The number of hydrogen-bond donors (Lipinski definition) is 1. The van der Waals surface area contributed by atoms with Crippen LogP contribution in [0.4, 0.5) is 5.69 Å². The lowest BCUT2D eigenvalue weighted by atomic mass is 10.1. The van der Waals surface area contributed by atoms with E-state index in [4.69, 9.17) is 4.74 Å². The van der Waals surface area contributed by atoms with E-state index in [9.17, 15) is 9.59 Å². The molecule has 5 nitrogen and oxygen atoms in total. The molecule has 1 aromatic heterocycles. The van der Waals surface area contributed by atoms with Gasteiger partial charge in [-0.3, -0.25) is 4.79 Å². The molecular weight excluding hydrogens is 328 g/mol. The van der Waals surface area contributed by atoms with Crippen molar-refractivity contribution in [2.24, 2.45) is 7.05 Å². The molecule has 0 bridgehead atoms. The number of esters is 1. The van der Waals surface area contributed by atoms with Crippen molar-refractivity contribution in [3.8, 4) is 0 Å². The summed E-state index contributed by atoms with van der Waals surface area (Å²) in [5.74, 6) is -0.423. The summed E-state index contributed by atoms with van der Waals surface area (Å²) in [5, 5.41) is 3.85. The number of anilines is 1. The van der Waals surface area contributed by atoms with Gasteiger partial charge in [0.1, 0.15) is 5.69 Å². The number of nitrogens with one attached hydrogen (secondary N) is 1. The van der Waals surface area contributed by atoms with Crippen LogP contribution in [0.5, 0.6) is 0 Å². The van der Waals surface area contributed by atoms with Crippen LogP contribution in [0.1, 0.15) is 29.4 Å². The summed E-state index contributed by atoms with van der Waals surface area (Å²) in [5.41, 5.74) is 3.10. The Labute approximate surface area is 152 Å². The number of hydrogen-bond acceptors (Lipinski definition) is 3. The largest absolute Gasteiger partial charge is 0.461 e. The van der Waals surface area contributed by atoms with Crippen LogP contribution in [0.25, 0.3) is 10.9 Å². The molecule has 1 N–H and O–H groups in total. The molecule has 3 rings (SSSR count). The van der Waals surface area contributed by atoms with E-state index in [1.165, 1.54) is 0 Å². The molecule has 2 aromatic carbocycles. The second-order valence-electron chi connectivity index (χ2n) is 6.09. The van der Waals surface area contributed by atoms with Crippen molar-refractivity contribution in [1.82, 2.24) is 4.57 Å². The van der Waals surface area contributed by atoms with Gasteiger partial charge in [0, 0.05) is 18.9 Å². The van der Waals surface area contributed by atoms with Crippen molar-refractivity contribution in [2.45, 2.75) is 19.8 Å². The number of aryl methyl sites for hydroxylation is 2. The molecule has 0 saturated heterocycles. The standard InChI is InChI=1S/C21H22N2O3/c1-3-26-21(25)18-14-16-10-7-11-17(20(16)23(18)2)22-19(24)13-12-15-8-5-4-6-9-15/h4-11,14H,3,12-13H2,1-2H3,(H,22,24). The Morgan fingerprint density at radius 1 is 1.08 bits per heavy atom. The second-order valence-corrected chi connectivity index (χ2v) is 6.09. The molecule has 134 valence electrons. The van der Waals surface area contributed by atoms with Crippen molar-refractivity contribution >= 4 is 28.5 Å². The topological polar surface area (TPSA) is 60.3 Å². The predicted molar refractivity (Wildman–Crippen MR) is 102 cm³/mol. The number of rotatable bonds is 6. The number of carbonyl (C=O) groups is 2. The minimum atomic E-state index is -0.368. The number of amides is 1. The Balaban J connectivity index is 1.79. The highest BCUT2D eigenvalue weighted by molar-refractivity contribution is 6.04. The molecule has 0 aliphatic rings. The summed E-state index contributed by atoms with van der Waals surface area (Å²) in [6.07, 6.45) is 1.08. The number of fused-ring (bicyclic) bond motifs is 1. The van der Waals surface area contributed by atoms with Gasteiger partial charge in [-0.05, 0) is 31.0 Å². The Kier molecular flexibility index (Phi) is 5.37. The number of nitrogens with zero attached hydrogens (tertiary/aromatic N) is 1. The zero-order chi connectivity index (χ0) is 18.5. The zero-order valence-corrected chi connectivity index (χ0v) is 15.0. The number of ether oxygens (including phenoxy) is 1. The second kappa shape index (κ2) is 7.87. The molecule has 26 heavy (non-hydrogen) atoms. The van der Waals surface area contributed by atoms with E-state index >= 15 is 0 Å². The van der Waals surface area contributed by atoms with E-state index < -0.39 is 0 Å². The van der Waals surface area contributed by atoms with Gasteiger partial charge in [0.2, 0.25) is 5.91 Å². The molecule has 3 aromatic rings. The number of carbonyl (C=O) groups excluding carboxylic acids is 2. The van der Waals surface area contributed by atoms with Crippen LogP contribution in [-0.4, -0.2) is 23.1 Å². The van der Waals surface area contributed by atoms with Gasteiger partial charge in [-0.25, -0.2) is 4.79 Å². The third-order valence-electron chi connectivity index (χ3n) is 4.30. The molecule has 1 heterocycles. The lowest BCUT2D eigenvalue weighted by Crippen LogP contribution is -2.14. The first kappa shape index (κ1) is 17.7. The summed E-state index contributed by atoms with van der Waals surface area (Å²) in [4.78, 5) is 24.5.